The number of aliphatic hydroxyl groups is 3. The molecule has 0 radical (unpaired) electrons. The van der Waals surface area contributed by atoms with Gasteiger partial charge in [0.1, 0.15) is 36.2 Å². The molecule has 3 aliphatic heterocycles. The van der Waals surface area contributed by atoms with E-state index in [2.05, 4.69) is 4.90 Å². The van der Waals surface area contributed by atoms with Gasteiger partial charge < -0.3 is 49.0 Å². The minimum Gasteiger partial charge on any atom is -0.487 e. The van der Waals surface area contributed by atoms with Gasteiger partial charge in [0.15, 0.2) is 17.7 Å². The summed E-state index contributed by atoms with van der Waals surface area (Å²) in [6.45, 7) is 4.47. The van der Waals surface area contributed by atoms with Gasteiger partial charge in [-0.15, -0.1) is 0 Å². The molecule has 0 amide bonds. The van der Waals surface area contributed by atoms with Crippen molar-refractivity contribution in [1.29, 1.82) is 0 Å². The van der Waals surface area contributed by atoms with Crippen molar-refractivity contribution in [2.75, 3.05) is 44.7 Å². The highest BCUT2D eigenvalue weighted by atomic mass is 19.1. The molecule has 38 heavy (non-hydrogen) atoms. The normalized spacial score (nSPS) is 29.7. The van der Waals surface area contributed by atoms with E-state index in [-0.39, 0.29) is 29.5 Å². The minimum absolute atomic E-state index is 0.125. The average molecular weight is 537 g/mol. The second-order valence-corrected chi connectivity index (χ2v) is 9.80. The Bertz CT molecular complexity index is 1340. The number of aliphatic carboxylic acids is 1. The van der Waals surface area contributed by atoms with E-state index in [0.29, 0.717) is 31.7 Å². The first-order valence-corrected chi connectivity index (χ1v) is 12.1. The van der Waals surface area contributed by atoms with E-state index in [1.54, 1.807) is 11.5 Å². The largest absolute Gasteiger partial charge is 0.487 e. The summed E-state index contributed by atoms with van der Waals surface area (Å²) in [5, 5.41) is 39.1. The number of aliphatic hydroxyl groups excluding tert-OH is 3. The predicted octanol–water partition coefficient (Wildman–Crippen LogP) is -1.11. The van der Waals surface area contributed by atoms with Crippen molar-refractivity contribution >= 4 is 28.5 Å². The molecule has 0 saturated carbocycles. The molecule has 2 fully saturated rings. The standard InChI is InChI=1S/C24H28FN3O10/c1-10-9-36-20-14-11(7-13(25)15(20)27-5-3-26(2)4-6-27)16(29)12(8-28(10)14)23(35)38-24-19(32)17(30)18(31)21(37-24)22(33)34/h7-8,10,17-19,21,24,30-32H,3-6,9H2,1-2H3,(H,33,34)/t10-,17?,18?,19?,21?,24?/m0/s1. The van der Waals surface area contributed by atoms with Crippen LogP contribution in [0, 0.1) is 5.82 Å². The summed E-state index contributed by atoms with van der Waals surface area (Å²) in [6.07, 6.45) is -8.72. The Morgan fingerprint density at radius 1 is 1.11 bits per heavy atom. The Labute approximate surface area is 215 Å². The molecule has 1 aromatic heterocycles. The van der Waals surface area contributed by atoms with Crippen LogP contribution in [-0.2, 0) is 14.3 Å². The van der Waals surface area contributed by atoms with Crippen LogP contribution in [-0.4, -0.2) is 112 Å². The molecule has 2 saturated heterocycles. The summed E-state index contributed by atoms with van der Waals surface area (Å²) in [6, 6.07) is 0.698. The zero-order valence-corrected chi connectivity index (χ0v) is 20.6. The Morgan fingerprint density at radius 3 is 2.45 bits per heavy atom. The van der Waals surface area contributed by atoms with Gasteiger partial charge in [-0.25, -0.2) is 14.0 Å². The first-order chi connectivity index (χ1) is 18.0. The first-order valence-electron chi connectivity index (χ1n) is 12.1. The number of carboxylic acid groups (broad SMARTS) is 1. The number of halogens is 1. The Balaban J connectivity index is 1.54. The van der Waals surface area contributed by atoms with E-state index in [4.69, 9.17) is 14.2 Å². The van der Waals surface area contributed by atoms with Gasteiger partial charge in [0, 0.05) is 32.4 Å². The van der Waals surface area contributed by atoms with E-state index in [1.165, 1.54) is 6.20 Å². The SMILES string of the molecule is C[C@H]1COc2c(N3CCN(C)CC3)c(F)cc3c(=O)c(C(=O)OC4OC(C(=O)O)C(O)C(O)C4O)cn1c23. The second-order valence-electron chi connectivity index (χ2n) is 9.80. The third kappa shape index (κ3) is 4.27. The van der Waals surface area contributed by atoms with E-state index in [1.807, 2.05) is 11.9 Å². The molecule has 4 N–H and O–H groups in total. The van der Waals surface area contributed by atoms with Crippen LogP contribution in [0.2, 0.25) is 0 Å². The van der Waals surface area contributed by atoms with Crippen LogP contribution >= 0.6 is 0 Å². The predicted molar refractivity (Wildman–Crippen MR) is 128 cm³/mol. The van der Waals surface area contributed by atoms with Gasteiger partial charge in [0.2, 0.25) is 11.7 Å². The molecule has 4 heterocycles. The Morgan fingerprint density at radius 2 is 1.79 bits per heavy atom. The Hall–Kier alpha value is -3.30. The highest BCUT2D eigenvalue weighted by Gasteiger charge is 2.49. The van der Waals surface area contributed by atoms with Gasteiger partial charge in [0.25, 0.3) is 0 Å². The average Bonchev–Trinajstić information content (AvgIpc) is 2.88. The van der Waals surface area contributed by atoms with Crippen molar-refractivity contribution in [3.05, 3.63) is 33.9 Å². The molecular formula is C24H28FN3O10. The number of piperazine rings is 1. The van der Waals surface area contributed by atoms with Crippen molar-refractivity contribution in [2.45, 2.75) is 43.7 Å². The number of rotatable bonds is 4. The number of hydrogen-bond donors (Lipinski definition) is 4. The number of ether oxygens (including phenoxy) is 3. The number of benzene rings is 1. The van der Waals surface area contributed by atoms with Crippen molar-refractivity contribution in [3.8, 4) is 5.75 Å². The van der Waals surface area contributed by atoms with E-state index >= 15 is 4.39 Å². The van der Waals surface area contributed by atoms with Crippen LogP contribution in [0.4, 0.5) is 10.1 Å². The van der Waals surface area contributed by atoms with Crippen molar-refractivity contribution in [2.24, 2.45) is 0 Å². The number of carbonyl (C=O) groups is 2. The second kappa shape index (κ2) is 9.78. The highest BCUT2D eigenvalue weighted by Crippen LogP contribution is 2.42. The third-order valence-electron chi connectivity index (χ3n) is 7.22. The molecule has 5 unspecified atom stereocenters. The van der Waals surface area contributed by atoms with Crippen LogP contribution in [0.15, 0.2) is 17.1 Å². The van der Waals surface area contributed by atoms with E-state index in [9.17, 15) is 34.8 Å². The fourth-order valence-corrected chi connectivity index (χ4v) is 5.00. The molecule has 14 heteroatoms. The molecular weight excluding hydrogens is 509 g/mol. The van der Waals surface area contributed by atoms with Crippen LogP contribution in [0.1, 0.15) is 23.3 Å². The lowest BCUT2D eigenvalue weighted by Crippen LogP contribution is -2.60. The molecule has 0 bridgehead atoms. The number of aromatic nitrogens is 1. The summed E-state index contributed by atoms with van der Waals surface area (Å²) < 4.78 is 33.0. The number of pyridine rings is 1. The van der Waals surface area contributed by atoms with Crippen LogP contribution in [0.5, 0.6) is 5.75 Å². The number of nitrogens with zero attached hydrogens (tertiary/aromatic N) is 3. The van der Waals surface area contributed by atoms with Crippen molar-refractivity contribution in [3.63, 3.8) is 0 Å². The topological polar surface area (TPSA) is 171 Å². The smallest absolute Gasteiger partial charge is 0.346 e. The van der Waals surface area contributed by atoms with Crippen LogP contribution < -0.4 is 15.1 Å². The lowest BCUT2D eigenvalue weighted by Gasteiger charge is -2.38. The van der Waals surface area contributed by atoms with Gasteiger partial charge in [-0.3, -0.25) is 4.79 Å². The number of likely N-dealkylation sites (N-methyl/N-ethyl adjacent to an activating group) is 1. The van der Waals surface area contributed by atoms with Crippen molar-refractivity contribution < 1.29 is 48.6 Å². The number of carboxylic acids is 1. The molecule has 6 atom stereocenters. The van der Waals surface area contributed by atoms with E-state index in [0.717, 1.165) is 6.07 Å². The summed E-state index contributed by atoms with van der Waals surface area (Å²) in [5.41, 5.74) is -0.831. The quantitative estimate of drug-likeness (QED) is 0.348. The molecule has 5 rings (SSSR count). The lowest BCUT2D eigenvalue weighted by molar-refractivity contribution is -0.278. The highest BCUT2D eigenvalue weighted by molar-refractivity contribution is 5.98. The number of esters is 1. The Kier molecular flexibility index (Phi) is 6.77. The number of carbonyl (C=O) groups excluding carboxylic acids is 1. The molecule has 1 aromatic carbocycles. The van der Waals surface area contributed by atoms with Gasteiger partial charge in [-0.1, -0.05) is 0 Å². The van der Waals surface area contributed by atoms with Crippen molar-refractivity contribution in [1.82, 2.24) is 9.47 Å². The molecule has 206 valence electrons. The maximum absolute atomic E-state index is 15.5. The maximum atomic E-state index is 15.5. The third-order valence-corrected chi connectivity index (χ3v) is 7.22. The van der Waals surface area contributed by atoms with Gasteiger partial charge in [0.05, 0.1) is 16.9 Å². The fourth-order valence-electron chi connectivity index (χ4n) is 5.00. The summed E-state index contributed by atoms with van der Waals surface area (Å²) in [5.74, 6) is -3.44. The minimum atomic E-state index is -2.00. The first kappa shape index (κ1) is 26.3. The van der Waals surface area contributed by atoms with Crippen LogP contribution in [0.25, 0.3) is 10.9 Å². The molecule has 0 aliphatic carbocycles. The zero-order chi connectivity index (χ0) is 27.5. The van der Waals surface area contributed by atoms with E-state index < -0.39 is 59.5 Å². The summed E-state index contributed by atoms with van der Waals surface area (Å²) in [7, 11) is 1.97. The molecule has 3 aliphatic rings. The van der Waals surface area contributed by atoms with Gasteiger partial charge >= 0.3 is 11.9 Å². The summed E-state index contributed by atoms with van der Waals surface area (Å²) in [4.78, 5) is 41.7. The van der Waals surface area contributed by atoms with Crippen LogP contribution in [0.3, 0.4) is 0 Å². The lowest BCUT2D eigenvalue weighted by atomic mass is 9.99. The summed E-state index contributed by atoms with van der Waals surface area (Å²) >= 11 is 0. The maximum Gasteiger partial charge on any atom is 0.346 e. The zero-order valence-electron chi connectivity index (χ0n) is 20.6. The molecule has 0 spiro atoms. The molecule has 2 aromatic rings. The monoisotopic (exact) mass is 537 g/mol. The van der Waals surface area contributed by atoms with Gasteiger partial charge in [-0.2, -0.15) is 0 Å². The fraction of sp³-hybridized carbons (Fsp3) is 0.542. The molecule has 13 nitrogen and oxygen atoms in total. The number of hydrogen-bond acceptors (Lipinski definition) is 11. The van der Waals surface area contributed by atoms with Gasteiger partial charge in [-0.05, 0) is 20.0 Å². The number of anilines is 1.